The van der Waals surface area contributed by atoms with Crippen LogP contribution in [0.5, 0.6) is 0 Å². The van der Waals surface area contributed by atoms with Crippen LogP contribution >= 0.6 is 0 Å². The molecule has 2 N–H and O–H groups in total. The summed E-state index contributed by atoms with van der Waals surface area (Å²) in [7, 11) is 1.27. The van der Waals surface area contributed by atoms with Gasteiger partial charge in [-0.1, -0.05) is 42.5 Å². The van der Waals surface area contributed by atoms with Gasteiger partial charge in [-0.2, -0.15) is 0 Å². The Kier molecular flexibility index (Phi) is 5.89. The van der Waals surface area contributed by atoms with Crippen LogP contribution in [0.3, 0.4) is 0 Å². The van der Waals surface area contributed by atoms with Crippen LogP contribution in [0.4, 0.5) is 4.79 Å². The lowest BCUT2D eigenvalue weighted by Crippen LogP contribution is -2.53. The highest BCUT2D eigenvalue weighted by molar-refractivity contribution is 6.20. The first-order valence-electron chi connectivity index (χ1n) is 8.77. The van der Waals surface area contributed by atoms with Crippen LogP contribution in [0, 0.1) is 0 Å². The number of carboxylic acids is 1. The molecule has 0 saturated carbocycles. The number of fused-ring (bicyclic) bond motifs is 1. The summed E-state index contributed by atoms with van der Waals surface area (Å²) >= 11 is 0. The third-order valence-corrected chi connectivity index (χ3v) is 4.48. The van der Waals surface area contributed by atoms with Crippen LogP contribution in [0.15, 0.2) is 54.6 Å². The highest BCUT2D eigenvalue weighted by Gasteiger charge is 2.37. The van der Waals surface area contributed by atoms with E-state index in [0.29, 0.717) is 0 Å². The number of aliphatic carboxylic acids is 1. The van der Waals surface area contributed by atoms with Gasteiger partial charge in [0.15, 0.2) is 0 Å². The van der Waals surface area contributed by atoms with Crippen molar-refractivity contribution < 1.29 is 29.0 Å². The lowest BCUT2D eigenvalue weighted by Gasteiger charge is -2.26. The predicted molar refractivity (Wildman–Crippen MR) is 101 cm³/mol. The van der Waals surface area contributed by atoms with Crippen LogP contribution in [0.2, 0.25) is 0 Å². The Labute approximate surface area is 166 Å². The number of hydrogen-bond acceptors (Lipinski definition) is 6. The fourth-order valence-electron chi connectivity index (χ4n) is 2.85. The zero-order valence-corrected chi connectivity index (χ0v) is 15.6. The van der Waals surface area contributed by atoms with E-state index in [2.05, 4.69) is 5.43 Å². The first-order chi connectivity index (χ1) is 13.9. The maximum atomic E-state index is 12.3. The summed E-state index contributed by atoms with van der Waals surface area (Å²) in [6.45, 7) is -0.375. The standard InChI is InChI=1S/C20H19N3O6/c1-22(20(28)29-12-13-7-3-2-4-8-13)16(19(26)27)11-21-23-17(24)14-9-5-6-10-15(14)18(23)25/h2-10,16,21H,11-12H2,1H3,(H,26,27). The number of likely N-dealkylation sites (N-methyl/N-ethyl adjacent to an activating group) is 1. The molecule has 150 valence electrons. The van der Waals surface area contributed by atoms with Crippen molar-refractivity contribution in [3.05, 3.63) is 71.3 Å². The third-order valence-electron chi connectivity index (χ3n) is 4.48. The van der Waals surface area contributed by atoms with Crippen LogP contribution in [0.25, 0.3) is 0 Å². The van der Waals surface area contributed by atoms with Gasteiger partial charge >= 0.3 is 12.1 Å². The molecule has 9 nitrogen and oxygen atoms in total. The summed E-state index contributed by atoms with van der Waals surface area (Å²) < 4.78 is 5.13. The summed E-state index contributed by atoms with van der Waals surface area (Å²) in [6, 6.07) is 13.9. The number of carboxylic acid groups (broad SMARTS) is 1. The fourth-order valence-corrected chi connectivity index (χ4v) is 2.85. The monoisotopic (exact) mass is 397 g/mol. The molecular weight excluding hydrogens is 378 g/mol. The number of amides is 3. The number of hydrogen-bond donors (Lipinski definition) is 2. The molecule has 0 bridgehead atoms. The van der Waals surface area contributed by atoms with Crippen molar-refractivity contribution in [1.29, 1.82) is 0 Å². The van der Waals surface area contributed by atoms with Gasteiger partial charge < -0.3 is 9.84 Å². The van der Waals surface area contributed by atoms with E-state index < -0.39 is 29.9 Å². The molecule has 1 aliphatic heterocycles. The normalized spacial score (nSPS) is 13.8. The summed E-state index contributed by atoms with van der Waals surface area (Å²) in [6.07, 6.45) is -0.842. The van der Waals surface area contributed by atoms with Gasteiger partial charge in [-0.05, 0) is 17.7 Å². The van der Waals surface area contributed by atoms with Gasteiger partial charge in [0.1, 0.15) is 12.6 Å². The van der Waals surface area contributed by atoms with Gasteiger partial charge in [-0.25, -0.2) is 20.0 Å². The molecule has 3 rings (SSSR count). The average molecular weight is 397 g/mol. The molecule has 1 atom stereocenters. The summed E-state index contributed by atoms with van der Waals surface area (Å²) in [5.41, 5.74) is 3.74. The molecule has 3 amide bonds. The minimum Gasteiger partial charge on any atom is -0.480 e. The molecule has 0 radical (unpaired) electrons. The van der Waals surface area contributed by atoms with E-state index in [4.69, 9.17) is 4.74 Å². The van der Waals surface area contributed by atoms with Crippen molar-refractivity contribution >= 4 is 23.9 Å². The van der Waals surface area contributed by atoms with E-state index in [0.717, 1.165) is 15.5 Å². The molecule has 1 aliphatic rings. The van der Waals surface area contributed by atoms with Crippen LogP contribution < -0.4 is 5.43 Å². The van der Waals surface area contributed by atoms with Crippen molar-refractivity contribution in [1.82, 2.24) is 15.3 Å². The van der Waals surface area contributed by atoms with Crippen LogP contribution in [-0.2, 0) is 16.1 Å². The lowest BCUT2D eigenvalue weighted by atomic mass is 10.1. The van der Waals surface area contributed by atoms with Gasteiger partial charge in [-0.3, -0.25) is 14.5 Å². The second-order valence-electron chi connectivity index (χ2n) is 6.36. The molecule has 2 aromatic carbocycles. The number of ether oxygens (including phenoxy) is 1. The topological polar surface area (TPSA) is 116 Å². The second-order valence-corrected chi connectivity index (χ2v) is 6.36. The number of carbonyl (C=O) groups excluding carboxylic acids is 3. The molecule has 9 heteroatoms. The number of nitrogens with zero attached hydrogens (tertiary/aromatic N) is 2. The van der Waals surface area contributed by atoms with Crippen molar-refractivity contribution in [3.63, 3.8) is 0 Å². The van der Waals surface area contributed by atoms with Gasteiger partial charge in [0.05, 0.1) is 11.1 Å². The SMILES string of the molecule is CN(C(=O)OCc1ccccc1)C(CNN1C(=O)c2ccccc2C1=O)C(=O)O. The van der Waals surface area contributed by atoms with E-state index in [1.807, 2.05) is 6.07 Å². The van der Waals surface area contributed by atoms with Gasteiger partial charge in [-0.15, -0.1) is 0 Å². The van der Waals surface area contributed by atoms with E-state index >= 15 is 0 Å². The Balaban J connectivity index is 1.61. The Bertz CT molecular complexity index is 911. The van der Waals surface area contributed by atoms with Crippen molar-refractivity contribution in [3.8, 4) is 0 Å². The maximum Gasteiger partial charge on any atom is 0.410 e. The number of benzene rings is 2. The molecule has 2 aromatic rings. The van der Waals surface area contributed by atoms with Gasteiger partial charge in [0.2, 0.25) is 0 Å². The number of nitrogens with one attached hydrogen (secondary N) is 1. The highest BCUT2D eigenvalue weighted by Crippen LogP contribution is 2.20. The quantitative estimate of drug-likeness (QED) is 0.680. The van der Waals surface area contributed by atoms with Crippen molar-refractivity contribution in [2.75, 3.05) is 13.6 Å². The van der Waals surface area contributed by atoms with Crippen LogP contribution in [-0.4, -0.2) is 58.5 Å². The van der Waals surface area contributed by atoms with E-state index in [1.54, 1.807) is 36.4 Å². The zero-order valence-electron chi connectivity index (χ0n) is 15.6. The molecule has 0 aliphatic carbocycles. The Hall–Kier alpha value is -3.72. The summed E-state index contributed by atoms with van der Waals surface area (Å²) in [5, 5.41) is 10.2. The van der Waals surface area contributed by atoms with E-state index in [-0.39, 0.29) is 24.3 Å². The molecule has 1 heterocycles. The first kappa shape index (κ1) is 20.0. The average Bonchev–Trinajstić information content (AvgIpc) is 2.97. The molecule has 1 unspecified atom stereocenters. The zero-order chi connectivity index (χ0) is 21.0. The summed E-state index contributed by atoms with van der Waals surface area (Å²) in [4.78, 5) is 49.4. The Morgan fingerprint density at radius 3 is 2.14 bits per heavy atom. The largest absolute Gasteiger partial charge is 0.480 e. The van der Waals surface area contributed by atoms with Gasteiger partial charge in [0, 0.05) is 13.6 Å². The molecule has 29 heavy (non-hydrogen) atoms. The third kappa shape index (κ3) is 4.25. The Morgan fingerprint density at radius 2 is 1.59 bits per heavy atom. The fraction of sp³-hybridized carbons (Fsp3) is 0.200. The predicted octanol–water partition coefficient (Wildman–Crippen LogP) is 1.51. The molecular formula is C20H19N3O6. The smallest absolute Gasteiger partial charge is 0.410 e. The molecule has 0 aromatic heterocycles. The molecule has 0 saturated heterocycles. The first-order valence-corrected chi connectivity index (χ1v) is 8.77. The van der Waals surface area contributed by atoms with Gasteiger partial charge in [0.25, 0.3) is 11.8 Å². The number of rotatable bonds is 7. The highest BCUT2D eigenvalue weighted by atomic mass is 16.6. The minimum atomic E-state index is -1.36. The van der Waals surface area contributed by atoms with E-state index in [1.165, 1.54) is 19.2 Å². The number of imide groups is 1. The molecule has 0 fully saturated rings. The summed E-state index contributed by atoms with van der Waals surface area (Å²) in [5.74, 6) is -2.47. The number of hydrazine groups is 1. The minimum absolute atomic E-state index is 0.0117. The molecule has 0 spiro atoms. The van der Waals surface area contributed by atoms with Crippen LogP contribution in [0.1, 0.15) is 26.3 Å². The maximum absolute atomic E-state index is 12.3. The lowest BCUT2D eigenvalue weighted by molar-refractivity contribution is -0.142. The van der Waals surface area contributed by atoms with Crippen molar-refractivity contribution in [2.45, 2.75) is 12.6 Å². The number of carbonyl (C=O) groups is 4. The van der Waals surface area contributed by atoms with Crippen molar-refractivity contribution in [2.24, 2.45) is 0 Å². The Morgan fingerprint density at radius 1 is 1.03 bits per heavy atom. The van der Waals surface area contributed by atoms with E-state index in [9.17, 15) is 24.3 Å². The second kappa shape index (κ2) is 8.53.